The van der Waals surface area contributed by atoms with Crippen molar-refractivity contribution in [2.45, 2.75) is 51.9 Å². The molecule has 0 radical (unpaired) electrons. The number of hydrogen-bond acceptors (Lipinski definition) is 2. The molecular formula is C20H27NO3. The Morgan fingerprint density at radius 2 is 1.75 bits per heavy atom. The van der Waals surface area contributed by atoms with Crippen molar-refractivity contribution in [2.24, 2.45) is 0 Å². The lowest BCUT2D eigenvalue weighted by molar-refractivity contribution is -0.131. The number of carbonyl (C=O) groups is 1. The Morgan fingerprint density at radius 1 is 1.04 bits per heavy atom. The van der Waals surface area contributed by atoms with Crippen LogP contribution in [0.2, 0.25) is 0 Å². The molecule has 0 aliphatic carbocycles. The molecule has 2 rings (SSSR count). The smallest absolute Gasteiger partial charge is 0.327 e. The summed E-state index contributed by atoms with van der Waals surface area (Å²) in [6.07, 6.45) is 11.4. The molecule has 1 heterocycles. The molecule has 130 valence electrons. The summed E-state index contributed by atoms with van der Waals surface area (Å²) in [7, 11) is 0. The molecule has 4 heteroatoms. The van der Waals surface area contributed by atoms with Gasteiger partial charge in [0.2, 0.25) is 5.56 Å². The highest BCUT2D eigenvalue weighted by molar-refractivity contribution is 5.79. The molecule has 0 aliphatic heterocycles. The average Bonchev–Trinajstić information content (AvgIpc) is 2.57. The van der Waals surface area contributed by atoms with E-state index in [4.69, 9.17) is 5.11 Å². The summed E-state index contributed by atoms with van der Waals surface area (Å²) in [6.45, 7) is 2.20. The second-order valence-corrected chi connectivity index (χ2v) is 5.71. The van der Waals surface area contributed by atoms with Crippen LogP contribution in [-0.4, -0.2) is 16.1 Å². The fourth-order valence-electron chi connectivity index (χ4n) is 2.32. The van der Waals surface area contributed by atoms with Crippen molar-refractivity contribution < 1.29 is 9.90 Å². The van der Waals surface area contributed by atoms with E-state index in [1.807, 2.05) is 30.3 Å². The maximum absolute atomic E-state index is 10.8. The lowest BCUT2D eigenvalue weighted by Gasteiger charge is -1.96. The maximum Gasteiger partial charge on any atom is 0.327 e. The van der Waals surface area contributed by atoms with Gasteiger partial charge in [0.1, 0.15) is 0 Å². The first-order chi connectivity index (χ1) is 11.6. The SMILES string of the molecule is CCCCCCCCC=CC(=O)O.O=c1ccc2ccccc2[nH]1. The first kappa shape index (κ1) is 19.7. The van der Waals surface area contributed by atoms with E-state index in [-0.39, 0.29) is 5.56 Å². The molecule has 0 aliphatic rings. The summed E-state index contributed by atoms with van der Waals surface area (Å²) in [4.78, 5) is 23.6. The van der Waals surface area contributed by atoms with E-state index in [2.05, 4.69) is 11.9 Å². The minimum absolute atomic E-state index is 0.0521. The number of rotatable bonds is 8. The minimum Gasteiger partial charge on any atom is -0.478 e. The zero-order valence-corrected chi connectivity index (χ0v) is 14.3. The average molecular weight is 329 g/mol. The standard InChI is InChI=1S/C11H20O2.C9H7NO/c1-2-3-4-5-6-7-8-9-10-11(12)13;11-9-6-5-7-3-1-2-4-8(7)10-9/h9-10H,2-8H2,1H3,(H,12,13);1-6H,(H,10,11). The molecule has 0 unspecified atom stereocenters. The number of carboxylic acids is 1. The minimum atomic E-state index is -0.842. The first-order valence-corrected chi connectivity index (χ1v) is 8.61. The summed E-state index contributed by atoms with van der Waals surface area (Å²) in [5.41, 5.74) is 0.837. The van der Waals surface area contributed by atoms with E-state index >= 15 is 0 Å². The van der Waals surface area contributed by atoms with Crippen LogP contribution in [0.5, 0.6) is 0 Å². The number of para-hydroxylation sites is 1. The fourth-order valence-corrected chi connectivity index (χ4v) is 2.32. The van der Waals surface area contributed by atoms with Crippen LogP contribution in [0.4, 0.5) is 0 Å². The lowest BCUT2D eigenvalue weighted by Crippen LogP contribution is -2.01. The largest absolute Gasteiger partial charge is 0.478 e. The number of unbranched alkanes of at least 4 members (excludes halogenated alkanes) is 6. The molecule has 24 heavy (non-hydrogen) atoms. The van der Waals surface area contributed by atoms with E-state index in [1.54, 1.807) is 6.08 Å². The van der Waals surface area contributed by atoms with Crippen LogP contribution in [0, 0.1) is 0 Å². The number of aromatic amines is 1. The van der Waals surface area contributed by atoms with Crippen molar-refractivity contribution in [3.63, 3.8) is 0 Å². The molecule has 2 aromatic rings. The number of nitrogens with one attached hydrogen (secondary N) is 1. The molecule has 0 spiro atoms. The van der Waals surface area contributed by atoms with Crippen molar-refractivity contribution in [1.29, 1.82) is 0 Å². The summed E-state index contributed by atoms with van der Waals surface area (Å²) >= 11 is 0. The van der Waals surface area contributed by atoms with E-state index in [9.17, 15) is 9.59 Å². The van der Waals surface area contributed by atoms with Gasteiger partial charge in [-0.25, -0.2) is 4.79 Å². The number of pyridine rings is 1. The third-order valence-corrected chi connectivity index (χ3v) is 3.62. The molecule has 4 nitrogen and oxygen atoms in total. The normalized spacial score (nSPS) is 10.5. The summed E-state index contributed by atoms with van der Waals surface area (Å²) in [5, 5.41) is 9.36. The second-order valence-electron chi connectivity index (χ2n) is 5.71. The van der Waals surface area contributed by atoms with Gasteiger partial charge >= 0.3 is 5.97 Å². The van der Waals surface area contributed by atoms with Crippen LogP contribution in [0.15, 0.2) is 53.3 Å². The van der Waals surface area contributed by atoms with Gasteiger partial charge in [-0.1, -0.05) is 63.3 Å². The molecule has 0 saturated heterocycles. The van der Waals surface area contributed by atoms with Gasteiger partial charge in [0.25, 0.3) is 0 Å². The molecule has 1 aromatic heterocycles. The van der Waals surface area contributed by atoms with Gasteiger partial charge in [0.05, 0.1) is 0 Å². The van der Waals surface area contributed by atoms with Crippen LogP contribution in [0.1, 0.15) is 51.9 Å². The Labute approximate surface area is 143 Å². The van der Waals surface area contributed by atoms with Gasteiger partial charge in [-0.05, 0) is 30.4 Å². The summed E-state index contributed by atoms with van der Waals surface area (Å²) in [6, 6.07) is 11.0. The number of carboxylic acid groups (broad SMARTS) is 1. The Kier molecular flexibility index (Phi) is 9.93. The number of aromatic nitrogens is 1. The zero-order valence-electron chi connectivity index (χ0n) is 14.3. The van der Waals surface area contributed by atoms with E-state index < -0.39 is 5.97 Å². The highest BCUT2D eigenvalue weighted by Crippen LogP contribution is 2.07. The van der Waals surface area contributed by atoms with Gasteiger partial charge in [-0.3, -0.25) is 4.79 Å². The Morgan fingerprint density at radius 3 is 2.50 bits per heavy atom. The van der Waals surface area contributed by atoms with Crippen molar-refractivity contribution >= 4 is 16.9 Å². The zero-order chi connectivity index (χ0) is 17.6. The monoisotopic (exact) mass is 329 g/mol. The van der Waals surface area contributed by atoms with Crippen molar-refractivity contribution in [3.05, 3.63) is 58.9 Å². The Bertz CT molecular complexity index is 688. The third kappa shape index (κ3) is 8.93. The van der Waals surface area contributed by atoms with E-state index in [0.717, 1.165) is 23.7 Å². The van der Waals surface area contributed by atoms with E-state index in [1.165, 1.54) is 44.2 Å². The van der Waals surface area contributed by atoms with Gasteiger partial charge in [-0.15, -0.1) is 0 Å². The number of benzene rings is 1. The number of H-pyrrole nitrogens is 1. The Balaban J connectivity index is 0.000000242. The van der Waals surface area contributed by atoms with Crippen molar-refractivity contribution in [2.75, 3.05) is 0 Å². The quantitative estimate of drug-likeness (QED) is 0.534. The molecule has 1 aromatic carbocycles. The van der Waals surface area contributed by atoms with Gasteiger partial charge in [0.15, 0.2) is 0 Å². The molecule has 0 fully saturated rings. The number of fused-ring (bicyclic) bond motifs is 1. The lowest BCUT2D eigenvalue weighted by atomic mass is 10.1. The van der Waals surface area contributed by atoms with E-state index in [0.29, 0.717) is 0 Å². The molecule has 0 saturated carbocycles. The number of allylic oxidation sites excluding steroid dienone is 1. The highest BCUT2D eigenvalue weighted by atomic mass is 16.4. The number of aliphatic carboxylic acids is 1. The molecule has 0 bridgehead atoms. The van der Waals surface area contributed by atoms with Crippen LogP contribution in [-0.2, 0) is 4.79 Å². The summed E-state index contributed by atoms with van der Waals surface area (Å²) in [5.74, 6) is -0.842. The van der Waals surface area contributed by atoms with Crippen molar-refractivity contribution in [1.82, 2.24) is 4.98 Å². The first-order valence-electron chi connectivity index (χ1n) is 8.61. The molecule has 0 amide bonds. The Hall–Kier alpha value is -2.36. The van der Waals surface area contributed by atoms with Gasteiger partial charge in [-0.2, -0.15) is 0 Å². The summed E-state index contributed by atoms with van der Waals surface area (Å²) < 4.78 is 0. The topological polar surface area (TPSA) is 70.2 Å². The van der Waals surface area contributed by atoms with Gasteiger partial charge in [0, 0.05) is 17.7 Å². The van der Waals surface area contributed by atoms with Crippen LogP contribution < -0.4 is 5.56 Å². The molecular weight excluding hydrogens is 302 g/mol. The van der Waals surface area contributed by atoms with Crippen molar-refractivity contribution in [3.8, 4) is 0 Å². The van der Waals surface area contributed by atoms with Crippen LogP contribution >= 0.6 is 0 Å². The van der Waals surface area contributed by atoms with Crippen LogP contribution in [0.25, 0.3) is 10.9 Å². The highest BCUT2D eigenvalue weighted by Gasteiger charge is 1.90. The fraction of sp³-hybridized carbons (Fsp3) is 0.400. The third-order valence-electron chi connectivity index (χ3n) is 3.62. The molecule has 2 N–H and O–H groups in total. The predicted octanol–water partition coefficient (Wildman–Crippen LogP) is 4.91. The van der Waals surface area contributed by atoms with Gasteiger partial charge < -0.3 is 10.1 Å². The van der Waals surface area contributed by atoms with Crippen LogP contribution in [0.3, 0.4) is 0 Å². The number of hydrogen-bond donors (Lipinski definition) is 2. The predicted molar refractivity (Wildman–Crippen MR) is 99.3 cm³/mol. The molecule has 0 atom stereocenters. The maximum atomic E-state index is 10.8. The second kappa shape index (κ2) is 12.1.